The maximum absolute atomic E-state index is 11.6. The van der Waals surface area contributed by atoms with Crippen molar-refractivity contribution in [2.45, 2.75) is 19.4 Å². The van der Waals surface area contributed by atoms with E-state index < -0.39 is 0 Å². The lowest BCUT2D eigenvalue weighted by molar-refractivity contribution is -0.144. The molecule has 1 amide bonds. The van der Waals surface area contributed by atoms with Crippen LogP contribution in [0.5, 0.6) is 0 Å². The van der Waals surface area contributed by atoms with Gasteiger partial charge in [-0.1, -0.05) is 12.1 Å². The van der Waals surface area contributed by atoms with E-state index in [1.54, 1.807) is 18.5 Å². The number of carbonyl (C=O) groups is 2. The molecule has 0 unspecified atom stereocenters. The largest absolute Gasteiger partial charge is 0.464 e. The average molecular weight is 285 g/mol. The Morgan fingerprint density at radius 1 is 1.38 bits per heavy atom. The van der Waals surface area contributed by atoms with Crippen molar-refractivity contribution in [2.75, 3.05) is 11.9 Å². The third-order valence-electron chi connectivity index (χ3n) is 3.37. The molecule has 1 aliphatic heterocycles. The van der Waals surface area contributed by atoms with Crippen LogP contribution in [-0.2, 0) is 33.7 Å². The van der Waals surface area contributed by atoms with Crippen molar-refractivity contribution in [1.29, 1.82) is 0 Å². The van der Waals surface area contributed by atoms with Crippen molar-refractivity contribution < 1.29 is 14.3 Å². The summed E-state index contributed by atoms with van der Waals surface area (Å²) in [6, 6.07) is 7.49. The number of aromatic nitrogens is 2. The first kappa shape index (κ1) is 13.4. The van der Waals surface area contributed by atoms with E-state index in [4.69, 9.17) is 4.74 Å². The first-order valence-electron chi connectivity index (χ1n) is 6.76. The first-order chi connectivity index (χ1) is 10.2. The number of nitrogens with zero attached hydrogens (tertiary/aromatic N) is 2. The molecule has 0 fully saturated rings. The minimum Gasteiger partial charge on any atom is -0.464 e. The third kappa shape index (κ3) is 3.10. The van der Waals surface area contributed by atoms with Gasteiger partial charge in [-0.3, -0.25) is 14.3 Å². The number of nitrogens with one attached hydrogen (secondary N) is 1. The van der Waals surface area contributed by atoms with Crippen LogP contribution in [0.25, 0.3) is 0 Å². The van der Waals surface area contributed by atoms with Gasteiger partial charge in [-0.15, -0.1) is 0 Å². The van der Waals surface area contributed by atoms with Crippen molar-refractivity contribution in [1.82, 2.24) is 9.78 Å². The van der Waals surface area contributed by atoms with Crippen molar-refractivity contribution in [3.8, 4) is 0 Å². The quantitative estimate of drug-likeness (QED) is 0.837. The van der Waals surface area contributed by atoms with E-state index in [2.05, 4.69) is 10.4 Å². The molecule has 6 nitrogen and oxygen atoms in total. The van der Waals surface area contributed by atoms with Gasteiger partial charge < -0.3 is 10.1 Å². The topological polar surface area (TPSA) is 73.2 Å². The van der Waals surface area contributed by atoms with E-state index in [1.165, 1.54) is 4.68 Å². The Morgan fingerprint density at radius 2 is 2.29 bits per heavy atom. The summed E-state index contributed by atoms with van der Waals surface area (Å²) < 4.78 is 6.72. The predicted molar refractivity (Wildman–Crippen MR) is 75.7 cm³/mol. The van der Waals surface area contributed by atoms with E-state index in [-0.39, 0.29) is 18.4 Å². The van der Waals surface area contributed by atoms with Crippen molar-refractivity contribution >= 4 is 17.6 Å². The first-order valence-corrected chi connectivity index (χ1v) is 6.76. The summed E-state index contributed by atoms with van der Waals surface area (Å²) in [6.45, 7) is 0.407. The number of benzene rings is 1. The number of hydrogen-bond donors (Lipinski definition) is 1. The van der Waals surface area contributed by atoms with Crippen LogP contribution in [0, 0.1) is 0 Å². The molecule has 3 rings (SSSR count). The molecule has 2 heterocycles. The van der Waals surface area contributed by atoms with Crippen molar-refractivity contribution in [3.05, 3.63) is 47.8 Å². The van der Waals surface area contributed by atoms with Crippen LogP contribution in [0.15, 0.2) is 36.7 Å². The standard InChI is InChI=1S/C15H15N3O3/c19-14-9-12-11(3-1-4-13(12)17-14)5-8-21-15(20)10-18-7-2-6-16-18/h1-4,6-7H,5,8-10H2,(H,17,19). The number of fused-ring (bicyclic) bond motifs is 1. The monoisotopic (exact) mass is 285 g/mol. The Balaban J connectivity index is 1.53. The normalized spacial score (nSPS) is 12.9. The Morgan fingerprint density at radius 3 is 3.10 bits per heavy atom. The molecule has 1 aromatic heterocycles. The highest BCUT2D eigenvalue weighted by atomic mass is 16.5. The molecule has 0 bridgehead atoms. The fourth-order valence-electron chi connectivity index (χ4n) is 2.40. The zero-order valence-electron chi connectivity index (χ0n) is 11.4. The fraction of sp³-hybridized carbons (Fsp3) is 0.267. The summed E-state index contributed by atoms with van der Waals surface area (Å²) >= 11 is 0. The zero-order chi connectivity index (χ0) is 14.7. The van der Waals surface area contributed by atoms with Gasteiger partial charge in [0, 0.05) is 24.5 Å². The van der Waals surface area contributed by atoms with E-state index in [1.807, 2.05) is 18.2 Å². The Labute approximate surface area is 121 Å². The lowest BCUT2D eigenvalue weighted by atomic mass is 10.0. The summed E-state index contributed by atoms with van der Waals surface area (Å²) in [5.74, 6) is -0.311. The smallest absolute Gasteiger partial charge is 0.327 e. The van der Waals surface area contributed by atoms with Crippen LogP contribution in [0.3, 0.4) is 0 Å². The number of amides is 1. The highest BCUT2D eigenvalue weighted by Crippen LogP contribution is 2.26. The molecular weight excluding hydrogens is 270 g/mol. The van der Waals surface area contributed by atoms with Crippen LogP contribution in [-0.4, -0.2) is 28.3 Å². The van der Waals surface area contributed by atoms with E-state index in [0.717, 1.165) is 16.8 Å². The van der Waals surface area contributed by atoms with Gasteiger partial charge in [0.15, 0.2) is 0 Å². The summed E-state index contributed by atoms with van der Waals surface area (Å²) in [7, 11) is 0. The second-order valence-corrected chi connectivity index (χ2v) is 4.84. The zero-order valence-corrected chi connectivity index (χ0v) is 11.4. The van der Waals surface area contributed by atoms with Crippen LogP contribution in [0.4, 0.5) is 5.69 Å². The van der Waals surface area contributed by atoms with Crippen molar-refractivity contribution in [3.63, 3.8) is 0 Å². The molecule has 108 valence electrons. The molecule has 0 atom stereocenters. The number of carbonyl (C=O) groups excluding carboxylic acids is 2. The second kappa shape index (κ2) is 5.78. The van der Waals surface area contributed by atoms with Crippen LogP contribution in [0.1, 0.15) is 11.1 Å². The lowest BCUT2D eigenvalue weighted by Gasteiger charge is -2.08. The Hall–Kier alpha value is -2.63. The fourth-order valence-corrected chi connectivity index (χ4v) is 2.40. The number of ether oxygens (including phenoxy) is 1. The summed E-state index contributed by atoms with van der Waals surface area (Å²) in [5.41, 5.74) is 2.91. The molecule has 1 aromatic carbocycles. The highest BCUT2D eigenvalue weighted by molar-refractivity contribution is 5.99. The van der Waals surface area contributed by atoms with Gasteiger partial charge in [0.25, 0.3) is 0 Å². The molecule has 6 heteroatoms. The van der Waals surface area contributed by atoms with Gasteiger partial charge >= 0.3 is 5.97 Å². The molecule has 0 spiro atoms. The lowest BCUT2D eigenvalue weighted by Crippen LogP contribution is -2.15. The number of rotatable bonds is 5. The highest BCUT2D eigenvalue weighted by Gasteiger charge is 2.20. The number of hydrogen-bond acceptors (Lipinski definition) is 4. The minimum atomic E-state index is -0.319. The van der Waals surface area contributed by atoms with Crippen molar-refractivity contribution in [2.24, 2.45) is 0 Å². The van der Waals surface area contributed by atoms with Gasteiger partial charge in [0.2, 0.25) is 5.91 Å². The van der Waals surface area contributed by atoms with Gasteiger partial charge in [-0.25, -0.2) is 0 Å². The third-order valence-corrected chi connectivity index (χ3v) is 3.37. The molecule has 21 heavy (non-hydrogen) atoms. The molecule has 1 aliphatic rings. The molecule has 0 saturated carbocycles. The van der Waals surface area contributed by atoms with E-state index in [0.29, 0.717) is 19.4 Å². The predicted octanol–water partition coefficient (Wildman–Crippen LogP) is 1.16. The molecule has 0 saturated heterocycles. The Kier molecular flexibility index (Phi) is 3.68. The maximum atomic E-state index is 11.6. The van der Waals surface area contributed by atoms with Crippen LogP contribution in [0.2, 0.25) is 0 Å². The minimum absolute atomic E-state index is 0.00752. The van der Waals surface area contributed by atoms with E-state index >= 15 is 0 Å². The number of anilines is 1. The van der Waals surface area contributed by atoms with Gasteiger partial charge in [0.1, 0.15) is 6.54 Å². The molecule has 0 aliphatic carbocycles. The SMILES string of the molecule is O=C1Cc2c(CCOC(=O)Cn3cccn3)cccc2N1. The Bertz CT molecular complexity index is 665. The van der Waals surface area contributed by atoms with Gasteiger partial charge in [0.05, 0.1) is 13.0 Å². The molecular formula is C15H15N3O3. The summed E-state index contributed by atoms with van der Waals surface area (Å²) in [5, 5.41) is 6.76. The second-order valence-electron chi connectivity index (χ2n) is 4.84. The average Bonchev–Trinajstić information content (AvgIpc) is 3.07. The molecule has 0 radical (unpaired) electrons. The molecule has 2 aromatic rings. The van der Waals surface area contributed by atoms with Gasteiger partial charge in [-0.05, 0) is 23.3 Å². The summed E-state index contributed by atoms with van der Waals surface area (Å²) in [4.78, 5) is 23.0. The maximum Gasteiger partial charge on any atom is 0.327 e. The van der Waals surface area contributed by atoms with Gasteiger partial charge in [-0.2, -0.15) is 5.10 Å². The van der Waals surface area contributed by atoms with E-state index in [9.17, 15) is 9.59 Å². The number of esters is 1. The van der Waals surface area contributed by atoms with Crippen LogP contribution < -0.4 is 5.32 Å². The summed E-state index contributed by atoms with van der Waals surface area (Å²) in [6.07, 6.45) is 4.32. The van der Waals surface area contributed by atoms with Crippen LogP contribution >= 0.6 is 0 Å². The molecule has 1 N–H and O–H groups in total.